The zero-order valence-corrected chi connectivity index (χ0v) is 16.1. The van der Waals surface area contributed by atoms with E-state index < -0.39 is 0 Å². The molecule has 1 saturated carbocycles. The number of nitrogens with zero attached hydrogens (tertiary/aromatic N) is 2. The summed E-state index contributed by atoms with van der Waals surface area (Å²) in [5.41, 5.74) is 1.30. The summed E-state index contributed by atoms with van der Waals surface area (Å²) in [4.78, 5) is 6.86. The first-order valence-corrected chi connectivity index (χ1v) is 10.7. The minimum absolute atomic E-state index is 0.143. The Balaban J connectivity index is 1.20. The first-order valence-electron chi connectivity index (χ1n) is 10.7. The summed E-state index contributed by atoms with van der Waals surface area (Å²) in [6.45, 7) is 6.22. The van der Waals surface area contributed by atoms with Crippen molar-refractivity contribution < 1.29 is 9.47 Å². The Bertz CT molecular complexity index is 536. The Kier molecular flexibility index (Phi) is 6.24. The quantitative estimate of drug-likeness (QED) is 0.689. The van der Waals surface area contributed by atoms with E-state index in [1.54, 1.807) is 0 Å². The highest BCUT2D eigenvalue weighted by Gasteiger charge is 2.45. The molecule has 2 saturated heterocycles. The molecule has 26 heavy (non-hydrogen) atoms. The van der Waals surface area contributed by atoms with Gasteiger partial charge in [-0.25, -0.2) is 0 Å². The van der Waals surface area contributed by atoms with Crippen LogP contribution in [0.15, 0.2) is 24.5 Å². The molecule has 4 nitrogen and oxygen atoms in total. The van der Waals surface area contributed by atoms with Crippen molar-refractivity contribution in [3.63, 3.8) is 0 Å². The van der Waals surface area contributed by atoms with E-state index in [2.05, 4.69) is 16.0 Å². The number of piperidine rings is 1. The highest BCUT2D eigenvalue weighted by molar-refractivity contribution is 5.06. The van der Waals surface area contributed by atoms with Crippen molar-refractivity contribution in [1.82, 2.24) is 9.88 Å². The second-order valence-electron chi connectivity index (χ2n) is 8.55. The molecule has 144 valence electrons. The van der Waals surface area contributed by atoms with E-state index in [1.165, 1.54) is 64.6 Å². The smallest absolute Gasteiger partial charge is 0.0736 e. The molecule has 1 aromatic rings. The Hall–Kier alpha value is -0.970. The van der Waals surface area contributed by atoms with Crippen molar-refractivity contribution in [1.29, 1.82) is 0 Å². The van der Waals surface area contributed by atoms with Crippen LogP contribution >= 0.6 is 0 Å². The predicted octanol–water partition coefficient (Wildman–Crippen LogP) is 4.05. The van der Waals surface area contributed by atoms with E-state index >= 15 is 0 Å². The van der Waals surface area contributed by atoms with Gasteiger partial charge in [-0.05, 0) is 62.0 Å². The summed E-state index contributed by atoms with van der Waals surface area (Å²) >= 11 is 0. The zero-order valence-electron chi connectivity index (χ0n) is 16.1. The van der Waals surface area contributed by atoms with Gasteiger partial charge in [-0.1, -0.05) is 18.9 Å². The lowest BCUT2D eigenvalue weighted by Gasteiger charge is -2.43. The SMILES string of the molecule is c1cncc(COCCC2CCOC23CCN(CC2CCCC2)CC3)c1. The second kappa shape index (κ2) is 8.81. The first-order chi connectivity index (χ1) is 12.8. The van der Waals surface area contributed by atoms with Gasteiger partial charge in [-0.15, -0.1) is 0 Å². The standard InChI is InChI=1S/C22H34N2O2/c1-2-5-19(4-1)17-24-12-9-22(10-13-24)21(8-15-26-22)7-14-25-18-20-6-3-11-23-16-20/h3,6,11,16,19,21H,1-2,4-5,7-10,12-15,17-18H2. The van der Waals surface area contributed by atoms with Crippen LogP contribution in [-0.4, -0.2) is 48.3 Å². The molecule has 1 aromatic heterocycles. The van der Waals surface area contributed by atoms with E-state index in [1.807, 2.05) is 18.5 Å². The average Bonchev–Trinajstić information content (AvgIpc) is 3.32. The maximum Gasteiger partial charge on any atom is 0.0736 e. The molecule has 3 fully saturated rings. The molecular weight excluding hydrogens is 324 g/mol. The van der Waals surface area contributed by atoms with Gasteiger partial charge < -0.3 is 14.4 Å². The van der Waals surface area contributed by atoms with Crippen molar-refractivity contribution in [2.75, 3.05) is 32.8 Å². The molecule has 4 heteroatoms. The largest absolute Gasteiger partial charge is 0.377 e. The van der Waals surface area contributed by atoms with Gasteiger partial charge in [-0.2, -0.15) is 0 Å². The summed E-state index contributed by atoms with van der Waals surface area (Å²) in [6, 6.07) is 4.05. The van der Waals surface area contributed by atoms with E-state index in [4.69, 9.17) is 9.47 Å². The van der Waals surface area contributed by atoms with Gasteiger partial charge >= 0.3 is 0 Å². The lowest BCUT2D eigenvalue weighted by molar-refractivity contribution is -0.0737. The Morgan fingerprint density at radius 2 is 2.04 bits per heavy atom. The molecule has 1 aliphatic carbocycles. The van der Waals surface area contributed by atoms with Crippen LogP contribution in [-0.2, 0) is 16.1 Å². The van der Waals surface area contributed by atoms with Crippen LogP contribution in [0.1, 0.15) is 56.9 Å². The van der Waals surface area contributed by atoms with Crippen molar-refractivity contribution >= 4 is 0 Å². The summed E-state index contributed by atoms with van der Waals surface area (Å²) in [7, 11) is 0. The maximum atomic E-state index is 6.34. The topological polar surface area (TPSA) is 34.6 Å². The highest BCUT2D eigenvalue weighted by Crippen LogP contribution is 2.42. The van der Waals surface area contributed by atoms with E-state index in [0.717, 1.165) is 31.1 Å². The predicted molar refractivity (Wildman–Crippen MR) is 103 cm³/mol. The highest BCUT2D eigenvalue weighted by atomic mass is 16.5. The fourth-order valence-corrected chi connectivity index (χ4v) is 5.32. The maximum absolute atomic E-state index is 6.34. The molecule has 0 aromatic carbocycles. The van der Waals surface area contributed by atoms with Gasteiger partial charge in [0.25, 0.3) is 0 Å². The fraction of sp³-hybridized carbons (Fsp3) is 0.773. The van der Waals surface area contributed by atoms with E-state index in [9.17, 15) is 0 Å². The number of pyridine rings is 1. The number of likely N-dealkylation sites (tertiary alicyclic amines) is 1. The molecule has 0 amide bonds. The first kappa shape index (κ1) is 18.4. The summed E-state index contributed by atoms with van der Waals surface area (Å²) < 4.78 is 12.3. The number of hydrogen-bond donors (Lipinski definition) is 0. The van der Waals surface area contributed by atoms with Crippen LogP contribution < -0.4 is 0 Å². The zero-order chi connectivity index (χ0) is 17.7. The summed E-state index contributed by atoms with van der Waals surface area (Å²) in [5.74, 6) is 1.63. The molecule has 0 N–H and O–H groups in total. The normalized spacial score (nSPS) is 26.7. The van der Waals surface area contributed by atoms with Crippen molar-refractivity contribution in [3.8, 4) is 0 Å². The number of rotatable bonds is 7. The monoisotopic (exact) mass is 358 g/mol. The van der Waals surface area contributed by atoms with Gasteiger partial charge in [0.05, 0.1) is 12.2 Å². The fourth-order valence-electron chi connectivity index (χ4n) is 5.32. The van der Waals surface area contributed by atoms with Crippen molar-refractivity contribution in [3.05, 3.63) is 30.1 Å². The van der Waals surface area contributed by atoms with E-state index in [0.29, 0.717) is 12.5 Å². The lowest BCUT2D eigenvalue weighted by Crippen LogP contribution is -2.48. The molecule has 3 aliphatic rings. The van der Waals surface area contributed by atoms with Gasteiger partial charge in [0.2, 0.25) is 0 Å². The average molecular weight is 359 g/mol. The van der Waals surface area contributed by atoms with E-state index in [-0.39, 0.29) is 5.60 Å². The molecule has 2 aliphatic heterocycles. The molecular formula is C22H34N2O2. The molecule has 1 spiro atoms. The third kappa shape index (κ3) is 4.47. The van der Waals surface area contributed by atoms with Crippen molar-refractivity contribution in [2.24, 2.45) is 11.8 Å². The third-order valence-corrected chi connectivity index (χ3v) is 6.90. The minimum atomic E-state index is 0.143. The van der Waals surface area contributed by atoms with Crippen LogP contribution in [0.4, 0.5) is 0 Å². The molecule has 3 heterocycles. The molecule has 1 atom stereocenters. The van der Waals surface area contributed by atoms with Gasteiger partial charge in [0, 0.05) is 45.2 Å². The van der Waals surface area contributed by atoms with Crippen LogP contribution in [0.5, 0.6) is 0 Å². The summed E-state index contributed by atoms with van der Waals surface area (Å²) in [6.07, 6.45) is 14.3. The summed E-state index contributed by atoms with van der Waals surface area (Å²) in [5, 5.41) is 0. The molecule has 1 unspecified atom stereocenters. The van der Waals surface area contributed by atoms with Crippen LogP contribution in [0, 0.1) is 11.8 Å². The second-order valence-corrected chi connectivity index (χ2v) is 8.55. The Labute approximate surface area is 158 Å². The number of hydrogen-bond acceptors (Lipinski definition) is 4. The Morgan fingerprint density at radius 3 is 2.81 bits per heavy atom. The van der Waals surface area contributed by atoms with Crippen molar-refractivity contribution in [2.45, 2.75) is 63.6 Å². The number of aromatic nitrogens is 1. The number of ether oxygens (including phenoxy) is 2. The van der Waals surface area contributed by atoms with Crippen LogP contribution in [0.3, 0.4) is 0 Å². The molecule has 0 radical (unpaired) electrons. The van der Waals surface area contributed by atoms with Crippen LogP contribution in [0.25, 0.3) is 0 Å². The minimum Gasteiger partial charge on any atom is -0.377 e. The van der Waals surface area contributed by atoms with Gasteiger partial charge in [-0.3, -0.25) is 4.98 Å². The van der Waals surface area contributed by atoms with Gasteiger partial charge in [0.1, 0.15) is 0 Å². The molecule has 0 bridgehead atoms. The third-order valence-electron chi connectivity index (χ3n) is 6.90. The Morgan fingerprint density at radius 1 is 1.19 bits per heavy atom. The van der Waals surface area contributed by atoms with Crippen LogP contribution in [0.2, 0.25) is 0 Å². The van der Waals surface area contributed by atoms with Gasteiger partial charge in [0.15, 0.2) is 0 Å². The molecule has 4 rings (SSSR count). The lowest BCUT2D eigenvalue weighted by atomic mass is 9.78.